The number of likely N-dealkylation sites (tertiary alicyclic amines) is 1. The maximum Gasteiger partial charge on any atom is 0.411 e. The summed E-state index contributed by atoms with van der Waals surface area (Å²) in [7, 11) is 0. The van der Waals surface area contributed by atoms with Gasteiger partial charge in [-0.1, -0.05) is 32.1 Å². The number of hydrogen-bond donors (Lipinski definition) is 0. The number of carbonyl (C=O) groups excluding carboxylic acids is 2. The van der Waals surface area contributed by atoms with Crippen molar-refractivity contribution in [1.29, 1.82) is 0 Å². The van der Waals surface area contributed by atoms with Crippen LogP contribution in [0, 0.1) is 11.8 Å². The molecule has 0 spiro atoms. The van der Waals surface area contributed by atoms with E-state index in [-0.39, 0.29) is 24.0 Å². The van der Waals surface area contributed by atoms with Gasteiger partial charge in [0.1, 0.15) is 5.60 Å². The van der Waals surface area contributed by atoms with Crippen molar-refractivity contribution >= 4 is 11.9 Å². The zero-order valence-electron chi connectivity index (χ0n) is 14.1. The third kappa shape index (κ3) is 3.47. The second-order valence-electron chi connectivity index (χ2n) is 8.38. The van der Waals surface area contributed by atoms with Crippen molar-refractivity contribution in [2.75, 3.05) is 0 Å². The third-order valence-electron chi connectivity index (χ3n) is 5.29. The Bertz CT molecular complexity index is 448. The van der Waals surface area contributed by atoms with Gasteiger partial charge in [-0.15, -0.1) is 0 Å². The first-order valence-electron chi connectivity index (χ1n) is 8.89. The zero-order chi connectivity index (χ0) is 15.9. The summed E-state index contributed by atoms with van der Waals surface area (Å²) in [5, 5.41) is 0. The van der Waals surface area contributed by atoms with E-state index in [9.17, 15) is 9.59 Å². The lowest BCUT2D eigenvalue weighted by atomic mass is 9.84. The molecule has 1 heterocycles. The molecule has 0 aromatic heterocycles. The molecule has 3 fully saturated rings. The van der Waals surface area contributed by atoms with Crippen LogP contribution < -0.4 is 0 Å². The van der Waals surface area contributed by atoms with Gasteiger partial charge in [0.25, 0.3) is 0 Å². The molecule has 3 atom stereocenters. The van der Waals surface area contributed by atoms with Crippen LogP contribution in [0.5, 0.6) is 0 Å². The van der Waals surface area contributed by atoms with Crippen LogP contribution in [-0.2, 0) is 9.53 Å². The number of hydrogen-bond acceptors (Lipinski definition) is 3. The molecule has 3 aliphatic rings. The van der Waals surface area contributed by atoms with Gasteiger partial charge in [0, 0.05) is 12.5 Å². The summed E-state index contributed by atoms with van der Waals surface area (Å²) in [6, 6.07) is 0.0377. The summed E-state index contributed by atoms with van der Waals surface area (Å²) in [6.07, 6.45) is 8.44. The van der Waals surface area contributed by atoms with Gasteiger partial charge in [0.05, 0.1) is 6.04 Å². The first kappa shape index (κ1) is 15.8. The molecule has 3 rings (SSSR count). The molecule has 4 nitrogen and oxygen atoms in total. The SMILES string of the molecule is CC(C)(C)OC(=O)N1[C@@H]2C[C@@H]2C[C@H]1C(=O)CC1CCCCC1. The lowest BCUT2D eigenvalue weighted by Crippen LogP contribution is -2.46. The predicted molar refractivity (Wildman–Crippen MR) is 84.6 cm³/mol. The Morgan fingerprint density at radius 1 is 1.09 bits per heavy atom. The number of piperidine rings is 1. The molecule has 0 unspecified atom stereocenters. The fourth-order valence-electron chi connectivity index (χ4n) is 4.13. The van der Waals surface area contributed by atoms with Crippen LogP contribution in [0.2, 0.25) is 0 Å². The van der Waals surface area contributed by atoms with Gasteiger partial charge < -0.3 is 4.74 Å². The maximum atomic E-state index is 12.7. The highest BCUT2D eigenvalue weighted by Gasteiger charge is 2.56. The number of amides is 1. The van der Waals surface area contributed by atoms with Crippen molar-refractivity contribution in [3.63, 3.8) is 0 Å². The highest BCUT2D eigenvalue weighted by Crippen LogP contribution is 2.49. The number of nitrogens with zero attached hydrogens (tertiary/aromatic N) is 1. The van der Waals surface area contributed by atoms with Crippen molar-refractivity contribution in [3.8, 4) is 0 Å². The van der Waals surface area contributed by atoms with Gasteiger partial charge in [-0.05, 0) is 45.4 Å². The molecule has 22 heavy (non-hydrogen) atoms. The van der Waals surface area contributed by atoms with Crippen LogP contribution in [0.3, 0.4) is 0 Å². The van der Waals surface area contributed by atoms with E-state index in [1.807, 2.05) is 20.8 Å². The summed E-state index contributed by atoms with van der Waals surface area (Å²) in [4.78, 5) is 26.9. The van der Waals surface area contributed by atoms with Gasteiger partial charge in [-0.3, -0.25) is 9.69 Å². The Balaban J connectivity index is 1.61. The fraction of sp³-hybridized carbons (Fsp3) is 0.889. The molecule has 0 bridgehead atoms. The molecule has 1 saturated heterocycles. The summed E-state index contributed by atoms with van der Waals surface area (Å²) < 4.78 is 5.52. The van der Waals surface area contributed by atoms with Gasteiger partial charge in [-0.25, -0.2) is 4.79 Å². The molecule has 1 aliphatic heterocycles. The van der Waals surface area contributed by atoms with Crippen LogP contribution >= 0.6 is 0 Å². The molecule has 0 N–H and O–H groups in total. The minimum absolute atomic E-state index is 0.222. The molecule has 2 aliphatic carbocycles. The smallest absolute Gasteiger partial charge is 0.411 e. The molecule has 2 saturated carbocycles. The van der Waals surface area contributed by atoms with Gasteiger partial charge in [0.15, 0.2) is 5.78 Å². The molecular formula is C18H29NO3. The fourth-order valence-corrected chi connectivity index (χ4v) is 4.13. The first-order valence-corrected chi connectivity index (χ1v) is 8.89. The van der Waals surface area contributed by atoms with E-state index in [0.717, 1.165) is 12.8 Å². The Morgan fingerprint density at radius 2 is 1.77 bits per heavy atom. The minimum Gasteiger partial charge on any atom is -0.444 e. The van der Waals surface area contributed by atoms with Crippen molar-refractivity contribution in [2.45, 2.75) is 89.8 Å². The largest absolute Gasteiger partial charge is 0.444 e. The number of ketones is 1. The Kier molecular flexibility index (Phi) is 4.21. The Morgan fingerprint density at radius 3 is 2.41 bits per heavy atom. The normalized spacial score (nSPS) is 31.8. The van der Waals surface area contributed by atoms with Gasteiger partial charge in [0.2, 0.25) is 0 Å². The third-order valence-corrected chi connectivity index (χ3v) is 5.29. The topological polar surface area (TPSA) is 46.6 Å². The van der Waals surface area contributed by atoms with Crippen molar-refractivity contribution in [1.82, 2.24) is 4.90 Å². The number of fused-ring (bicyclic) bond motifs is 1. The van der Waals surface area contributed by atoms with Crippen LogP contribution in [0.1, 0.15) is 72.1 Å². The summed E-state index contributed by atoms with van der Waals surface area (Å²) in [5.41, 5.74) is -0.499. The number of rotatable bonds is 3. The van der Waals surface area contributed by atoms with Crippen molar-refractivity contribution in [3.05, 3.63) is 0 Å². The molecular weight excluding hydrogens is 278 g/mol. The monoisotopic (exact) mass is 307 g/mol. The second-order valence-corrected chi connectivity index (χ2v) is 8.38. The highest BCUT2D eigenvalue weighted by molar-refractivity contribution is 5.89. The summed E-state index contributed by atoms with van der Waals surface area (Å²) in [5.74, 6) is 1.34. The molecule has 0 aromatic rings. The second kappa shape index (κ2) is 5.86. The molecule has 1 amide bonds. The summed E-state index contributed by atoms with van der Waals surface area (Å²) >= 11 is 0. The number of carbonyl (C=O) groups is 2. The molecule has 0 radical (unpaired) electrons. The van der Waals surface area contributed by atoms with E-state index in [2.05, 4.69) is 0 Å². The van der Waals surface area contributed by atoms with Crippen molar-refractivity contribution in [2.24, 2.45) is 11.8 Å². The quantitative estimate of drug-likeness (QED) is 0.794. The Hall–Kier alpha value is -1.06. The zero-order valence-corrected chi connectivity index (χ0v) is 14.1. The Labute approximate surface area is 133 Å². The van der Waals surface area contributed by atoms with Crippen LogP contribution in [-0.4, -0.2) is 34.5 Å². The van der Waals surface area contributed by atoms with Gasteiger partial charge >= 0.3 is 6.09 Å². The minimum atomic E-state index is -0.499. The molecule has 124 valence electrons. The van der Waals surface area contributed by atoms with Crippen LogP contribution in [0.25, 0.3) is 0 Å². The van der Waals surface area contributed by atoms with E-state index < -0.39 is 5.60 Å². The lowest BCUT2D eigenvalue weighted by molar-refractivity contribution is -0.125. The maximum absolute atomic E-state index is 12.7. The average Bonchev–Trinajstić information content (AvgIpc) is 3.08. The highest BCUT2D eigenvalue weighted by atomic mass is 16.6. The van der Waals surface area contributed by atoms with E-state index >= 15 is 0 Å². The van der Waals surface area contributed by atoms with Crippen molar-refractivity contribution < 1.29 is 14.3 Å². The molecule has 0 aromatic carbocycles. The van der Waals surface area contributed by atoms with Gasteiger partial charge in [-0.2, -0.15) is 0 Å². The lowest BCUT2D eigenvalue weighted by Gasteiger charge is -2.31. The first-order chi connectivity index (χ1) is 10.3. The average molecular weight is 307 g/mol. The standard InChI is InChI=1S/C18H29NO3/c1-18(2,3)22-17(21)19-14-10-13(14)11-15(19)16(20)9-12-7-5-4-6-8-12/h12-15H,4-11H2,1-3H3/t13-,14-,15+/m1/s1. The van der Waals surface area contributed by atoms with E-state index in [0.29, 0.717) is 18.3 Å². The van der Waals surface area contributed by atoms with E-state index in [4.69, 9.17) is 4.74 Å². The van der Waals surface area contributed by atoms with E-state index in [1.165, 1.54) is 32.1 Å². The van der Waals surface area contributed by atoms with Crippen LogP contribution in [0.15, 0.2) is 0 Å². The number of ether oxygens (including phenoxy) is 1. The molecule has 4 heteroatoms. The number of Topliss-reactive ketones (excluding diaryl/α,β-unsaturated/α-hetero) is 1. The van der Waals surface area contributed by atoms with E-state index in [1.54, 1.807) is 4.90 Å². The van der Waals surface area contributed by atoms with Crippen LogP contribution in [0.4, 0.5) is 4.79 Å². The summed E-state index contributed by atoms with van der Waals surface area (Å²) in [6.45, 7) is 5.64. The predicted octanol–water partition coefficient (Wildman–Crippen LogP) is 3.92.